The van der Waals surface area contributed by atoms with Crippen molar-refractivity contribution in [1.82, 2.24) is 10.3 Å². The number of aromatic nitrogens is 1. The molecule has 3 aromatic rings. The summed E-state index contributed by atoms with van der Waals surface area (Å²) in [7, 11) is 0. The molecule has 0 aliphatic heterocycles. The Morgan fingerprint density at radius 2 is 1.96 bits per heavy atom. The molecule has 134 valence electrons. The van der Waals surface area contributed by atoms with Crippen LogP contribution in [0.1, 0.15) is 28.6 Å². The summed E-state index contributed by atoms with van der Waals surface area (Å²) < 4.78 is 16.7. The normalized spacial score (nSPS) is 10.3. The van der Waals surface area contributed by atoms with E-state index in [-0.39, 0.29) is 5.91 Å². The Labute approximate surface area is 151 Å². The van der Waals surface area contributed by atoms with Gasteiger partial charge in [-0.05, 0) is 55.0 Å². The Balaban J connectivity index is 1.68. The number of nitrogens with one attached hydrogen (secondary N) is 1. The van der Waals surface area contributed by atoms with E-state index in [0.29, 0.717) is 42.6 Å². The van der Waals surface area contributed by atoms with Crippen molar-refractivity contribution in [3.8, 4) is 11.5 Å². The third-order valence-electron chi connectivity index (χ3n) is 3.65. The van der Waals surface area contributed by atoms with Crippen LogP contribution in [0.15, 0.2) is 65.5 Å². The molecule has 0 spiro atoms. The van der Waals surface area contributed by atoms with Gasteiger partial charge in [-0.2, -0.15) is 0 Å². The second kappa shape index (κ2) is 8.71. The second-order valence-corrected chi connectivity index (χ2v) is 5.50. The van der Waals surface area contributed by atoms with Crippen LogP contribution in [-0.4, -0.2) is 17.5 Å². The molecule has 1 amide bonds. The van der Waals surface area contributed by atoms with Crippen LogP contribution in [0, 0.1) is 0 Å². The van der Waals surface area contributed by atoms with Crippen molar-refractivity contribution in [3.05, 3.63) is 78.0 Å². The molecule has 2 aromatic heterocycles. The van der Waals surface area contributed by atoms with Crippen molar-refractivity contribution in [2.24, 2.45) is 0 Å². The van der Waals surface area contributed by atoms with Crippen molar-refractivity contribution < 1.29 is 18.7 Å². The van der Waals surface area contributed by atoms with Gasteiger partial charge in [-0.1, -0.05) is 0 Å². The van der Waals surface area contributed by atoms with Gasteiger partial charge in [-0.25, -0.2) is 0 Å². The average molecular weight is 352 g/mol. The first-order valence-electron chi connectivity index (χ1n) is 8.35. The first kappa shape index (κ1) is 17.5. The quantitative estimate of drug-likeness (QED) is 0.671. The average Bonchev–Trinajstić information content (AvgIpc) is 3.20. The van der Waals surface area contributed by atoms with Crippen LogP contribution >= 0.6 is 0 Å². The zero-order valence-electron chi connectivity index (χ0n) is 14.5. The van der Waals surface area contributed by atoms with Crippen molar-refractivity contribution in [3.63, 3.8) is 0 Å². The highest BCUT2D eigenvalue weighted by atomic mass is 16.5. The lowest BCUT2D eigenvalue weighted by Gasteiger charge is -2.13. The summed E-state index contributed by atoms with van der Waals surface area (Å²) in [5, 5.41) is 2.81. The van der Waals surface area contributed by atoms with Crippen molar-refractivity contribution in [1.29, 1.82) is 0 Å². The first-order chi connectivity index (χ1) is 12.8. The molecule has 26 heavy (non-hydrogen) atoms. The van der Waals surface area contributed by atoms with E-state index in [1.807, 2.05) is 25.1 Å². The number of pyridine rings is 1. The maximum atomic E-state index is 12.3. The van der Waals surface area contributed by atoms with Gasteiger partial charge in [0.05, 0.1) is 19.4 Å². The molecule has 1 aromatic carbocycles. The van der Waals surface area contributed by atoms with E-state index in [2.05, 4.69) is 10.3 Å². The molecular weight excluding hydrogens is 332 g/mol. The maximum absolute atomic E-state index is 12.3. The molecule has 0 radical (unpaired) electrons. The molecule has 0 aliphatic carbocycles. The van der Waals surface area contributed by atoms with Gasteiger partial charge in [0, 0.05) is 18.0 Å². The fourth-order valence-electron chi connectivity index (χ4n) is 2.36. The molecule has 0 bridgehead atoms. The lowest BCUT2D eigenvalue weighted by molar-refractivity contribution is 0.0947. The molecule has 0 aliphatic rings. The smallest absolute Gasteiger partial charge is 0.251 e. The molecule has 0 saturated heterocycles. The molecule has 3 rings (SSSR count). The number of carbonyl (C=O) groups excluding carboxylic acids is 1. The van der Waals surface area contributed by atoms with Crippen LogP contribution in [0.2, 0.25) is 0 Å². The largest absolute Gasteiger partial charge is 0.490 e. The molecule has 6 nitrogen and oxygen atoms in total. The predicted octanol–water partition coefficient (Wildman–Crippen LogP) is 3.58. The van der Waals surface area contributed by atoms with Crippen LogP contribution < -0.4 is 14.8 Å². The summed E-state index contributed by atoms with van der Waals surface area (Å²) in [5.74, 6) is 1.61. The molecule has 0 unspecified atom stereocenters. The van der Waals surface area contributed by atoms with E-state index < -0.39 is 0 Å². The number of amides is 1. The summed E-state index contributed by atoms with van der Waals surface area (Å²) in [5.41, 5.74) is 1.50. The number of benzene rings is 1. The Morgan fingerprint density at radius 1 is 1.12 bits per heavy atom. The van der Waals surface area contributed by atoms with Gasteiger partial charge < -0.3 is 19.2 Å². The number of nitrogens with zero attached hydrogens (tertiary/aromatic N) is 1. The Morgan fingerprint density at radius 3 is 2.69 bits per heavy atom. The Hall–Kier alpha value is -3.28. The Kier molecular flexibility index (Phi) is 5.88. The summed E-state index contributed by atoms with van der Waals surface area (Å²) >= 11 is 0. The summed E-state index contributed by atoms with van der Waals surface area (Å²) in [6.45, 7) is 3.09. The zero-order valence-corrected chi connectivity index (χ0v) is 14.5. The van der Waals surface area contributed by atoms with E-state index in [9.17, 15) is 4.79 Å². The van der Waals surface area contributed by atoms with Crippen molar-refractivity contribution >= 4 is 5.91 Å². The number of hydrogen-bond acceptors (Lipinski definition) is 5. The van der Waals surface area contributed by atoms with E-state index in [1.54, 1.807) is 42.9 Å². The highest BCUT2D eigenvalue weighted by molar-refractivity contribution is 5.94. The van der Waals surface area contributed by atoms with E-state index in [1.165, 1.54) is 0 Å². The minimum absolute atomic E-state index is 0.206. The molecular formula is C20H20N2O4. The predicted molar refractivity (Wildman–Crippen MR) is 96.1 cm³/mol. The third kappa shape index (κ3) is 4.63. The summed E-state index contributed by atoms with van der Waals surface area (Å²) in [6, 6.07) is 12.5. The molecule has 0 saturated carbocycles. The van der Waals surface area contributed by atoms with Crippen LogP contribution in [0.4, 0.5) is 0 Å². The van der Waals surface area contributed by atoms with Crippen LogP contribution in [-0.2, 0) is 13.2 Å². The Bertz CT molecular complexity index is 832. The lowest BCUT2D eigenvalue weighted by Crippen LogP contribution is -2.22. The minimum atomic E-state index is -0.206. The minimum Gasteiger partial charge on any atom is -0.490 e. The highest BCUT2D eigenvalue weighted by Crippen LogP contribution is 2.29. The molecule has 0 atom stereocenters. The van der Waals surface area contributed by atoms with Crippen LogP contribution in [0.25, 0.3) is 0 Å². The van der Waals surface area contributed by atoms with E-state index in [4.69, 9.17) is 13.9 Å². The zero-order chi connectivity index (χ0) is 18.2. The van der Waals surface area contributed by atoms with Gasteiger partial charge in [0.1, 0.15) is 12.4 Å². The number of carbonyl (C=O) groups is 1. The number of rotatable bonds is 8. The monoisotopic (exact) mass is 352 g/mol. The highest BCUT2D eigenvalue weighted by Gasteiger charge is 2.12. The molecule has 0 fully saturated rings. The van der Waals surface area contributed by atoms with Gasteiger partial charge in [-0.15, -0.1) is 0 Å². The first-order valence-corrected chi connectivity index (χ1v) is 8.35. The molecule has 6 heteroatoms. The van der Waals surface area contributed by atoms with Crippen molar-refractivity contribution in [2.45, 2.75) is 20.1 Å². The third-order valence-corrected chi connectivity index (χ3v) is 3.65. The van der Waals surface area contributed by atoms with E-state index >= 15 is 0 Å². The molecule has 1 N–H and O–H groups in total. The van der Waals surface area contributed by atoms with Gasteiger partial charge in [0.2, 0.25) is 0 Å². The standard InChI is InChI=1S/C20H20N2O4/c1-2-24-19-12-16(20(23)22-13-17-4-3-11-25-17)5-6-18(19)26-14-15-7-9-21-10-8-15/h3-12H,2,13-14H2,1H3,(H,22,23). The topological polar surface area (TPSA) is 73.6 Å². The number of ether oxygens (including phenoxy) is 2. The van der Waals surface area contributed by atoms with E-state index in [0.717, 1.165) is 5.56 Å². The van der Waals surface area contributed by atoms with Gasteiger partial charge in [0.25, 0.3) is 5.91 Å². The van der Waals surface area contributed by atoms with Crippen LogP contribution in [0.3, 0.4) is 0 Å². The fraction of sp³-hybridized carbons (Fsp3) is 0.200. The number of hydrogen-bond donors (Lipinski definition) is 1. The van der Waals surface area contributed by atoms with Crippen LogP contribution in [0.5, 0.6) is 11.5 Å². The summed E-state index contributed by atoms with van der Waals surface area (Å²) in [4.78, 5) is 16.3. The molecule has 2 heterocycles. The van der Waals surface area contributed by atoms with Gasteiger partial charge in [-0.3, -0.25) is 9.78 Å². The SMILES string of the molecule is CCOc1cc(C(=O)NCc2ccco2)ccc1OCc1ccncc1. The second-order valence-electron chi connectivity index (χ2n) is 5.50. The number of furan rings is 1. The van der Waals surface area contributed by atoms with Crippen molar-refractivity contribution in [2.75, 3.05) is 6.61 Å². The van der Waals surface area contributed by atoms with Gasteiger partial charge in [0.15, 0.2) is 11.5 Å². The van der Waals surface area contributed by atoms with Gasteiger partial charge >= 0.3 is 0 Å². The summed E-state index contributed by atoms with van der Waals surface area (Å²) in [6.07, 6.45) is 5.01. The maximum Gasteiger partial charge on any atom is 0.251 e. The fourth-order valence-corrected chi connectivity index (χ4v) is 2.36. The lowest BCUT2D eigenvalue weighted by atomic mass is 10.2.